The number of rotatable bonds is 5. The molecule has 0 saturated heterocycles. The summed E-state index contributed by atoms with van der Waals surface area (Å²) in [6, 6.07) is 6.09. The molecule has 1 aliphatic rings. The van der Waals surface area contributed by atoms with Crippen LogP contribution in [0.5, 0.6) is 11.5 Å². The van der Waals surface area contributed by atoms with Gasteiger partial charge in [-0.15, -0.1) is 0 Å². The number of nitrogens with one attached hydrogen (secondary N) is 1. The van der Waals surface area contributed by atoms with Crippen LogP contribution >= 0.6 is 0 Å². The van der Waals surface area contributed by atoms with E-state index in [0.717, 1.165) is 24.0 Å². The molecule has 1 fully saturated rings. The maximum Gasteiger partial charge on any atom is 0.126 e. The van der Waals surface area contributed by atoms with Gasteiger partial charge in [0.2, 0.25) is 0 Å². The van der Waals surface area contributed by atoms with Gasteiger partial charge in [-0.1, -0.05) is 6.07 Å². The van der Waals surface area contributed by atoms with Gasteiger partial charge >= 0.3 is 0 Å². The fourth-order valence-corrected chi connectivity index (χ4v) is 2.24. The quantitative estimate of drug-likeness (QED) is 0.825. The van der Waals surface area contributed by atoms with Gasteiger partial charge in [0.25, 0.3) is 0 Å². The van der Waals surface area contributed by atoms with Crippen molar-refractivity contribution in [2.45, 2.75) is 12.3 Å². The third-order valence-electron chi connectivity index (χ3n) is 3.23. The first-order valence-electron chi connectivity index (χ1n) is 5.66. The normalized spacial score (nSPS) is 22.9. The fourth-order valence-electron chi connectivity index (χ4n) is 2.24. The molecule has 0 spiro atoms. The molecule has 1 saturated carbocycles. The summed E-state index contributed by atoms with van der Waals surface area (Å²) in [6.07, 6.45) is 1.25. The minimum absolute atomic E-state index is 0.647. The van der Waals surface area contributed by atoms with Gasteiger partial charge in [-0.25, -0.2) is 0 Å². The van der Waals surface area contributed by atoms with Gasteiger partial charge in [-0.05, 0) is 43.5 Å². The average Bonchev–Trinajstić information content (AvgIpc) is 3.08. The highest BCUT2D eigenvalue weighted by molar-refractivity contribution is 5.45. The Morgan fingerprint density at radius 1 is 1.31 bits per heavy atom. The topological polar surface area (TPSA) is 30.5 Å². The standard InChI is InChI=1S/C13H19NO2/c1-14-8-9-6-12(9)11-5-4-10(15-2)7-13(11)16-3/h4-5,7,9,12,14H,6,8H2,1-3H3. The average molecular weight is 221 g/mol. The fraction of sp³-hybridized carbons (Fsp3) is 0.538. The number of benzene rings is 1. The number of hydrogen-bond donors (Lipinski definition) is 1. The van der Waals surface area contributed by atoms with Crippen LogP contribution in [0, 0.1) is 5.92 Å². The maximum atomic E-state index is 5.42. The molecule has 1 aromatic carbocycles. The maximum absolute atomic E-state index is 5.42. The molecule has 0 aromatic heterocycles. The van der Waals surface area contributed by atoms with Crippen LogP contribution in [-0.4, -0.2) is 27.8 Å². The second-order valence-corrected chi connectivity index (χ2v) is 4.27. The van der Waals surface area contributed by atoms with Gasteiger partial charge in [0.1, 0.15) is 11.5 Å². The Morgan fingerprint density at radius 2 is 2.12 bits per heavy atom. The van der Waals surface area contributed by atoms with E-state index in [1.165, 1.54) is 12.0 Å². The second kappa shape index (κ2) is 4.74. The summed E-state index contributed by atoms with van der Waals surface area (Å²) in [6.45, 7) is 1.08. The molecule has 16 heavy (non-hydrogen) atoms. The van der Waals surface area contributed by atoms with Crippen molar-refractivity contribution in [3.63, 3.8) is 0 Å². The van der Waals surface area contributed by atoms with Crippen LogP contribution in [0.2, 0.25) is 0 Å². The highest BCUT2D eigenvalue weighted by atomic mass is 16.5. The molecule has 3 heteroatoms. The summed E-state index contributed by atoms with van der Waals surface area (Å²) < 4.78 is 10.6. The predicted molar refractivity (Wildman–Crippen MR) is 64.3 cm³/mol. The van der Waals surface area contributed by atoms with Gasteiger partial charge in [0.15, 0.2) is 0 Å². The van der Waals surface area contributed by atoms with Gasteiger partial charge in [0, 0.05) is 6.07 Å². The Balaban J connectivity index is 2.15. The van der Waals surface area contributed by atoms with Crippen molar-refractivity contribution in [2.75, 3.05) is 27.8 Å². The summed E-state index contributed by atoms with van der Waals surface area (Å²) in [5.74, 6) is 3.20. The Bertz CT molecular complexity index is 365. The molecule has 2 unspecified atom stereocenters. The molecule has 2 atom stereocenters. The third-order valence-corrected chi connectivity index (χ3v) is 3.23. The molecule has 0 amide bonds. The molecule has 2 rings (SSSR count). The van der Waals surface area contributed by atoms with E-state index < -0.39 is 0 Å². The van der Waals surface area contributed by atoms with Crippen molar-refractivity contribution in [2.24, 2.45) is 5.92 Å². The monoisotopic (exact) mass is 221 g/mol. The highest BCUT2D eigenvalue weighted by Crippen LogP contribution is 2.50. The first-order chi connectivity index (χ1) is 7.80. The zero-order valence-electron chi connectivity index (χ0n) is 10.1. The SMILES string of the molecule is CNCC1CC1c1ccc(OC)cc1OC. The van der Waals surface area contributed by atoms with E-state index in [2.05, 4.69) is 11.4 Å². The van der Waals surface area contributed by atoms with E-state index in [0.29, 0.717) is 5.92 Å². The van der Waals surface area contributed by atoms with Gasteiger partial charge in [-0.3, -0.25) is 0 Å². The first-order valence-corrected chi connectivity index (χ1v) is 5.66. The van der Waals surface area contributed by atoms with Crippen LogP contribution in [0.15, 0.2) is 18.2 Å². The van der Waals surface area contributed by atoms with Crippen LogP contribution in [-0.2, 0) is 0 Å². The molecule has 1 aliphatic carbocycles. The number of methoxy groups -OCH3 is 2. The smallest absolute Gasteiger partial charge is 0.126 e. The van der Waals surface area contributed by atoms with Crippen molar-refractivity contribution in [3.05, 3.63) is 23.8 Å². The largest absolute Gasteiger partial charge is 0.497 e. The van der Waals surface area contributed by atoms with E-state index in [4.69, 9.17) is 9.47 Å². The molecule has 0 heterocycles. The summed E-state index contributed by atoms with van der Waals surface area (Å²) >= 11 is 0. The van der Waals surface area contributed by atoms with Gasteiger partial charge < -0.3 is 14.8 Å². The minimum atomic E-state index is 0.647. The third kappa shape index (κ3) is 2.14. The van der Waals surface area contributed by atoms with E-state index in [-0.39, 0.29) is 0 Å². The van der Waals surface area contributed by atoms with E-state index in [9.17, 15) is 0 Å². The van der Waals surface area contributed by atoms with E-state index >= 15 is 0 Å². The number of ether oxygens (including phenoxy) is 2. The van der Waals surface area contributed by atoms with E-state index in [1.807, 2.05) is 19.2 Å². The molecular formula is C13H19NO2. The molecule has 0 aliphatic heterocycles. The van der Waals surface area contributed by atoms with E-state index in [1.54, 1.807) is 14.2 Å². The Labute approximate surface area is 96.8 Å². The Kier molecular flexibility index (Phi) is 3.34. The van der Waals surface area contributed by atoms with Crippen LogP contribution in [0.25, 0.3) is 0 Å². The van der Waals surface area contributed by atoms with Crippen LogP contribution < -0.4 is 14.8 Å². The summed E-state index contributed by atoms with van der Waals surface area (Å²) in [4.78, 5) is 0. The van der Waals surface area contributed by atoms with Crippen LogP contribution in [0.4, 0.5) is 0 Å². The van der Waals surface area contributed by atoms with Crippen molar-refractivity contribution in [1.82, 2.24) is 5.32 Å². The molecule has 1 aromatic rings. The molecule has 0 bridgehead atoms. The predicted octanol–water partition coefficient (Wildman–Crippen LogP) is 2.03. The lowest BCUT2D eigenvalue weighted by atomic mass is 10.1. The van der Waals surface area contributed by atoms with Crippen LogP contribution in [0.1, 0.15) is 17.9 Å². The Morgan fingerprint density at radius 3 is 2.75 bits per heavy atom. The lowest BCUT2D eigenvalue weighted by Crippen LogP contribution is -2.10. The second-order valence-electron chi connectivity index (χ2n) is 4.27. The zero-order chi connectivity index (χ0) is 11.5. The Hall–Kier alpha value is -1.22. The van der Waals surface area contributed by atoms with Crippen molar-refractivity contribution in [1.29, 1.82) is 0 Å². The molecule has 1 N–H and O–H groups in total. The van der Waals surface area contributed by atoms with Crippen molar-refractivity contribution >= 4 is 0 Å². The molecule has 88 valence electrons. The molecule has 0 radical (unpaired) electrons. The zero-order valence-corrected chi connectivity index (χ0v) is 10.1. The highest BCUT2D eigenvalue weighted by Gasteiger charge is 2.39. The molecular weight excluding hydrogens is 202 g/mol. The summed E-state index contributed by atoms with van der Waals surface area (Å²) in [5.41, 5.74) is 1.31. The summed E-state index contributed by atoms with van der Waals surface area (Å²) in [5, 5.41) is 3.22. The summed E-state index contributed by atoms with van der Waals surface area (Å²) in [7, 11) is 5.39. The van der Waals surface area contributed by atoms with Crippen molar-refractivity contribution < 1.29 is 9.47 Å². The van der Waals surface area contributed by atoms with Gasteiger partial charge in [0.05, 0.1) is 14.2 Å². The first kappa shape index (κ1) is 11.3. The molecule has 3 nitrogen and oxygen atoms in total. The van der Waals surface area contributed by atoms with Crippen LogP contribution in [0.3, 0.4) is 0 Å². The lowest BCUT2D eigenvalue weighted by Gasteiger charge is -2.10. The number of hydrogen-bond acceptors (Lipinski definition) is 3. The van der Waals surface area contributed by atoms with Crippen molar-refractivity contribution in [3.8, 4) is 11.5 Å². The van der Waals surface area contributed by atoms with Gasteiger partial charge in [-0.2, -0.15) is 0 Å². The lowest BCUT2D eigenvalue weighted by molar-refractivity contribution is 0.390. The minimum Gasteiger partial charge on any atom is -0.497 e.